The summed E-state index contributed by atoms with van der Waals surface area (Å²) in [5, 5.41) is 9.02. The van der Waals surface area contributed by atoms with E-state index in [0.717, 1.165) is 0 Å². The summed E-state index contributed by atoms with van der Waals surface area (Å²) in [5.74, 6) is 0.328. The summed E-state index contributed by atoms with van der Waals surface area (Å²) in [6, 6.07) is 0. The number of β-amino-alcohol motifs (C(OH)–C–C–N with tert-alkyl or cyclic N) is 1. The quantitative estimate of drug-likeness (QED) is 0.726. The Bertz CT molecular complexity index is 213. The zero-order chi connectivity index (χ0) is 11.0. The summed E-state index contributed by atoms with van der Waals surface area (Å²) < 4.78 is 0. The standard InChI is InChI=1S/C11H21NO2/c1-10(2)7-9(14)8-11(3,4)12(10)5-6-13/h13H,5-8H2,1-4H3. The monoisotopic (exact) mass is 199 g/mol. The van der Waals surface area contributed by atoms with Crippen molar-refractivity contribution < 1.29 is 9.90 Å². The summed E-state index contributed by atoms with van der Waals surface area (Å²) >= 11 is 0. The van der Waals surface area contributed by atoms with Crippen LogP contribution in [0.1, 0.15) is 40.5 Å². The maximum Gasteiger partial charge on any atom is 0.136 e. The molecule has 1 heterocycles. The van der Waals surface area contributed by atoms with Crippen molar-refractivity contribution in [2.24, 2.45) is 0 Å². The molecule has 0 saturated carbocycles. The van der Waals surface area contributed by atoms with E-state index >= 15 is 0 Å². The second-order valence-electron chi connectivity index (χ2n) is 5.39. The van der Waals surface area contributed by atoms with E-state index in [4.69, 9.17) is 5.11 Å². The molecule has 0 aliphatic carbocycles. The Hall–Kier alpha value is -0.410. The van der Waals surface area contributed by atoms with Crippen molar-refractivity contribution in [2.45, 2.75) is 51.6 Å². The number of hydrogen-bond acceptors (Lipinski definition) is 3. The van der Waals surface area contributed by atoms with Crippen LogP contribution in [0.25, 0.3) is 0 Å². The molecule has 1 N–H and O–H groups in total. The van der Waals surface area contributed by atoms with E-state index in [1.807, 2.05) is 0 Å². The highest BCUT2D eigenvalue weighted by Gasteiger charge is 2.44. The number of aliphatic hydroxyl groups excluding tert-OH is 1. The van der Waals surface area contributed by atoms with E-state index in [9.17, 15) is 4.79 Å². The van der Waals surface area contributed by atoms with E-state index in [-0.39, 0.29) is 17.7 Å². The lowest BCUT2D eigenvalue weighted by Crippen LogP contribution is -2.61. The molecule has 1 saturated heterocycles. The van der Waals surface area contributed by atoms with Crippen molar-refractivity contribution in [3.05, 3.63) is 0 Å². The first kappa shape index (κ1) is 11.7. The fraction of sp³-hybridized carbons (Fsp3) is 0.909. The number of hydrogen-bond donors (Lipinski definition) is 1. The summed E-state index contributed by atoms with van der Waals surface area (Å²) in [6.45, 7) is 9.08. The van der Waals surface area contributed by atoms with Crippen LogP contribution in [0, 0.1) is 0 Å². The number of piperidine rings is 1. The predicted molar refractivity (Wildman–Crippen MR) is 56.2 cm³/mol. The first-order valence-corrected chi connectivity index (χ1v) is 5.20. The van der Waals surface area contributed by atoms with Gasteiger partial charge < -0.3 is 5.11 Å². The number of ketones is 1. The van der Waals surface area contributed by atoms with Crippen molar-refractivity contribution >= 4 is 5.78 Å². The lowest BCUT2D eigenvalue weighted by atomic mass is 9.79. The zero-order valence-electron chi connectivity index (χ0n) is 9.63. The zero-order valence-corrected chi connectivity index (χ0v) is 9.63. The minimum atomic E-state index is -0.123. The minimum Gasteiger partial charge on any atom is -0.395 e. The van der Waals surface area contributed by atoms with Crippen molar-refractivity contribution in [3.8, 4) is 0 Å². The van der Waals surface area contributed by atoms with Crippen molar-refractivity contribution in [3.63, 3.8) is 0 Å². The molecule has 1 fully saturated rings. The van der Waals surface area contributed by atoms with Gasteiger partial charge in [0.1, 0.15) is 5.78 Å². The molecule has 0 bridgehead atoms. The average Bonchev–Trinajstić information content (AvgIpc) is 1.94. The number of Topliss-reactive ketones (excluding diaryl/α,β-unsaturated/α-hetero) is 1. The lowest BCUT2D eigenvalue weighted by Gasteiger charge is -2.52. The first-order valence-electron chi connectivity index (χ1n) is 5.20. The SMILES string of the molecule is CC1(C)CC(=O)CC(C)(C)N1CCO. The molecule has 0 spiro atoms. The Morgan fingerprint density at radius 1 is 1.21 bits per heavy atom. The molecule has 0 aromatic heterocycles. The molecule has 0 aromatic rings. The molecular formula is C11H21NO2. The topological polar surface area (TPSA) is 40.5 Å². The van der Waals surface area contributed by atoms with Crippen LogP contribution in [-0.4, -0.2) is 40.0 Å². The maximum atomic E-state index is 11.6. The first-order chi connectivity index (χ1) is 6.29. The molecule has 0 aromatic carbocycles. The summed E-state index contributed by atoms with van der Waals surface area (Å²) in [4.78, 5) is 13.8. The molecule has 1 aliphatic rings. The molecule has 82 valence electrons. The number of carbonyl (C=O) groups is 1. The van der Waals surface area contributed by atoms with Crippen molar-refractivity contribution in [2.75, 3.05) is 13.2 Å². The van der Waals surface area contributed by atoms with Crippen LogP contribution < -0.4 is 0 Å². The molecule has 14 heavy (non-hydrogen) atoms. The third-order valence-electron chi connectivity index (χ3n) is 3.04. The maximum absolute atomic E-state index is 11.6. The predicted octanol–water partition coefficient (Wildman–Crippen LogP) is 1.20. The molecule has 3 nitrogen and oxygen atoms in total. The normalized spacial score (nSPS) is 26.5. The van der Waals surface area contributed by atoms with Crippen molar-refractivity contribution in [1.82, 2.24) is 4.90 Å². The van der Waals surface area contributed by atoms with E-state index < -0.39 is 0 Å². The lowest BCUT2D eigenvalue weighted by molar-refractivity contribution is -0.134. The van der Waals surface area contributed by atoms with Gasteiger partial charge in [-0.2, -0.15) is 0 Å². The van der Waals surface area contributed by atoms with Gasteiger partial charge in [0.15, 0.2) is 0 Å². The molecule has 0 amide bonds. The van der Waals surface area contributed by atoms with Gasteiger partial charge in [0.05, 0.1) is 6.61 Å². The van der Waals surface area contributed by atoms with Crippen LogP contribution in [0.4, 0.5) is 0 Å². The Morgan fingerprint density at radius 2 is 1.64 bits per heavy atom. The van der Waals surface area contributed by atoms with Crippen LogP contribution in [0.15, 0.2) is 0 Å². The molecule has 3 heteroatoms. The largest absolute Gasteiger partial charge is 0.395 e. The van der Waals surface area contributed by atoms with Gasteiger partial charge in [-0.05, 0) is 27.7 Å². The van der Waals surface area contributed by atoms with Crippen molar-refractivity contribution in [1.29, 1.82) is 0 Å². The average molecular weight is 199 g/mol. The van der Waals surface area contributed by atoms with Gasteiger partial charge in [-0.15, -0.1) is 0 Å². The molecular weight excluding hydrogens is 178 g/mol. The van der Waals surface area contributed by atoms with Gasteiger partial charge in [-0.1, -0.05) is 0 Å². The number of rotatable bonds is 2. The number of likely N-dealkylation sites (tertiary alicyclic amines) is 1. The fourth-order valence-electron chi connectivity index (χ4n) is 2.74. The van der Waals surface area contributed by atoms with Crippen LogP contribution in [-0.2, 0) is 4.79 Å². The van der Waals surface area contributed by atoms with E-state index in [1.54, 1.807) is 0 Å². The summed E-state index contributed by atoms with van der Waals surface area (Å²) in [5.41, 5.74) is -0.247. The van der Waals surface area contributed by atoms with Crippen LogP contribution in [0.2, 0.25) is 0 Å². The highest BCUT2D eigenvalue weighted by atomic mass is 16.3. The second kappa shape index (κ2) is 3.63. The Labute approximate surface area is 86.1 Å². The second-order valence-corrected chi connectivity index (χ2v) is 5.39. The third-order valence-corrected chi connectivity index (χ3v) is 3.04. The number of aliphatic hydroxyl groups is 1. The van der Waals surface area contributed by atoms with Gasteiger partial charge in [-0.25, -0.2) is 0 Å². The van der Waals surface area contributed by atoms with Crippen LogP contribution >= 0.6 is 0 Å². The highest BCUT2D eigenvalue weighted by Crippen LogP contribution is 2.35. The molecule has 1 rings (SSSR count). The number of nitrogens with zero attached hydrogens (tertiary/aromatic N) is 1. The molecule has 0 unspecified atom stereocenters. The van der Waals surface area contributed by atoms with E-state index in [0.29, 0.717) is 25.2 Å². The summed E-state index contributed by atoms with van der Waals surface area (Å²) in [6.07, 6.45) is 1.19. The molecule has 0 radical (unpaired) electrons. The Balaban J connectivity index is 2.90. The molecule has 1 aliphatic heterocycles. The molecule has 0 atom stereocenters. The Kier molecular flexibility index (Phi) is 3.02. The fourth-order valence-corrected chi connectivity index (χ4v) is 2.74. The Morgan fingerprint density at radius 3 is 2.00 bits per heavy atom. The van der Waals surface area contributed by atoms with Gasteiger partial charge in [0, 0.05) is 30.5 Å². The van der Waals surface area contributed by atoms with E-state index in [1.165, 1.54) is 0 Å². The third kappa shape index (κ3) is 2.15. The van der Waals surface area contributed by atoms with Gasteiger partial charge >= 0.3 is 0 Å². The van der Waals surface area contributed by atoms with E-state index in [2.05, 4.69) is 32.6 Å². The highest BCUT2D eigenvalue weighted by molar-refractivity contribution is 5.81. The van der Waals surface area contributed by atoms with Gasteiger partial charge in [-0.3, -0.25) is 9.69 Å². The van der Waals surface area contributed by atoms with Crippen LogP contribution in [0.3, 0.4) is 0 Å². The minimum absolute atomic E-state index is 0.123. The van der Waals surface area contributed by atoms with Crippen LogP contribution in [0.5, 0.6) is 0 Å². The van der Waals surface area contributed by atoms with Gasteiger partial charge in [0.2, 0.25) is 0 Å². The number of carbonyl (C=O) groups excluding carboxylic acids is 1. The smallest absolute Gasteiger partial charge is 0.136 e. The van der Waals surface area contributed by atoms with Gasteiger partial charge in [0.25, 0.3) is 0 Å². The summed E-state index contributed by atoms with van der Waals surface area (Å²) in [7, 11) is 0.